The summed E-state index contributed by atoms with van der Waals surface area (Å²) in [6.07, 6.45) is 0. The molecule has 1 unspecified atom stereocenters. The number of hydrogen-bond acceptors (Lipinski definition) is 2. The molecule has 0 heterocycles. The Morgan fingerprint density at radius 2 is 1.65 bits per heavy atom. The summed E-state index contributed by atoms with van der Waals surface area (Å²) in [6.45, 7) is 8.35. The Kier molecular flexibility index (Phi) is 4.14. The van der Waals surface area contributed by atoms with Crippen LogP contribution in [-0.2, 0) is 5.41 Å². The van der Waals surface area contributed by atoms with Crippen molar-refractivity contribution in [3.8, 4) is 5.75 Å². The minimum absolute atomic E-state index is 0.0258. The van der Waals surface area contributed by atoms with Crippen LogP contribution in [0.3, 0.4) is 0 Å². The third-order valence-electron chi connectivity index (χ3n) is 3.60. The molecule has 1 atom stereocenters. The van der Waals surface area contributed by atoms with E-state index in [1.807, 2.05) is 31.2 Å². The lowest BCUT2D eigenvalue weighted by Gasteiger charge is -2.24. The van der Waals surface area contributed by atoms with Gasteiger partial charge in [0.25, 0.3) is 0 Å². The Morgan fingerprint density at radius 1 is 1.05 bits per heavy atom. The van der Waals surface area contributed by atoms with Gasteiger partial charge in [-0.3, -0.25) is 0 Å². The molecule has 1 nitrogen and oxygen atoms in total. The van der Waals surface area contributed by atoms with Crippen molar-refractivity contribution in [3.05, 3.63) is 64.7 Å². The van der Waals surface area contributed by atoms with Crippen LogP contribution in [0.4, 0.5) is 0 Å². The van der Waals surface area contributed by atoms with Gasteiger partial charge in [0.2, 0.25) is 0 Å². The summed E-state index contributed by atoms with van der Waals surface area (Å²) in [6, 6.07) is 14.2. The summed E-state index contributed by atoms with van der Waals surface area (Å²) < 4.78 is 0. The molecular weight excluding hydrogens is 264 g/mol. The van der Waals surface area contributed by atoms with Gasteiger partial charge < -0.3 is 5.11 Å². The molecule has 0 saturated heterocycles. The number of phenols is 1. The van der Waals surface area contributed by atoms with Gasteiger partial charge in [0.15, 0.2) is 0 Å². The molecule has 106 valence electrons. The van der Waals surface area contributed by atoms with Crippen LogP contribution < -0.4 is 0 Å². The molecule has 0 aromatic heterocycles. The maximum Gasteiger partial charge on any atom is 0.119 e. The Labute approximate surface area is 127 Å². The van der Waals surface area contributed by atoms with Gasteiger partial charge >= 0.3 is 0 Å². The van der Waals surface area contributed by atoms with E-state index in [9.17, 15) is 5.11 Å². The summed E-state index contributed by atoms with van der Waals surface area (Å²) in [4.78, 5) is 0. The van der Waals surface area contributed by atoms with Crippen molar-refractivity contribution in [3.63, 3.8) is 0 Å². The van der Waals surface area contributed by atoms with Crippen molar-refractivity contribution in [2.24, 2.45) is 0 Å². The van der Waals surface area contributed by atoms with Gasteiger partial charge in [-0.15, -0.1) is 0 Å². The average Bonchev–Trinajstić information content (AvgIpc) is 2.37. The van der Waals surface area contributed by atoms with Gasteiger partial charge in [-0.1, -0.05) is 51.1 Å². The van der Waals surface area contributed by atoms with Crippen LogP contribution in [0.15, 0.2) is 42.5 Å². The molecule has 0 spiro atoms. The van der Waals surface area contributed by atoms with Crippen LogP contribution in [0.25, 0.3) is 0 Å². The number of benzene rings is 2. The van der Waals surface area contributed by atoms with E-state index >= 15 is 0 Å². The molecule has 2 rings (SSSR count). The number of rotatable bonds is 2. The third-order valence-corrected chi connectivity index (χ3v) is 4.18. The first-order valence-corrected chi connectivity index (χ1v) is 7.39. The highest BCUT2D eigenvalue weighted by atomic mass is 32.1. The van der Waals surface area contributed by atoms with Gasteiger partial charge in [0.1, 0.15) is 5.75 Å². The first-order valence-electron chi connectivity index (χ1n) is 6.87. The SMILES string of the molecule is Cc1cc(O)c(C(C)(C)C)cc1C(S)c1ccccc1. The fourth-order valence-electron chi connectivity index (χ4n) is 2.42. The van der Waals surface area contributed by atoms with Gasteiger partial charge in [-0.2, -0.15) is 12.6 Å². The summed E-state index contributed by atoms with van der Waals surface area (Å²) >= 11 is 4.77. The van der Waals surface area contributed by atoms with E-state index in [4.69, 9.17) is 12.6 Å². The minimum atomic E-state index is -0.0866. The summed E-state index contributed by atoms with van der Waals surface area (Å²) in [5.41, 5.74) is 4.27. The van der Waals surface area contributed by atoms with Crippen LogP contribution in [0.2, 0.25) is 0 Å². The first kappa shape index (κ1) is 15.0. The fraction of sp³-hybridized carbons (Fsp3) is 0.333. The zero-order valence-electron chi connectivity index (χ0n) is 12.5. The third kappa shape index (κ3) is 3.01. The molecular formula is C18H22OS. The highest BCUT2D eigenvalue weighted by Crippen LogP contribution is 2.38. The van der Waals surface area contributed by atoms with Gasteiger partial charge in [0, 0.05) is 0 Å². The van der Waals surface area contributed by atoms with Crippen LogP contribution in [0, 0.1) is 6.92 Å². The molecule has 0 bridgehead atoms. The number of thiol groups is 1. The van der Waals surface area contributed by atoms with Crippen molar-refractivity contribution in [2.75, 3.05) is 0 Å². The Hall–Kier alpha value is -1.41. The molecule has 0 saturated carbocycles. The molecule has 0 aliphatic carbocycles. The zero-order chi connectivity index (χ0) is 14.9. The predicted octanol–water partition coefficient (Wildman–Crippen LogP) is 5.02. The Morgan fingerprint density at radius 3 is 2.20 bits per heavy atom. The van der Waals surface area contributed by atoms with E-state index in [-0.39, 0.29) is 10.7 Å². The second kappa shape index (κ2) is 5.53. The molecule has 2 aromatic rings. The fourth-order valence-corrected chi connectivity index (χ4v) is 2.87. The lowest BCUT2D eigenvalue weighted by atomic mass is 9.83. The lowest BCUT2D eigenvalue weighted by molar-refractivity contribution is 0.446. The quantitative estimate of drug-likeness (QED) is 0.743. The smallest absolute Gasteiger partial charge is 0.119 e. The maximum atomic E-state index is 10.2. The van der Waals surface area contributed by atoms with Crippen molar-refractivity contribution < 1.29 is 5.11 Å². The average molecular weight is 286 g/mol. The van der Waals surface area contributed by atoms with Gasteiger partial charge in [-0.05, 0) is 46.7 Å². The zero-order valence-corrected chi connectivity index (χ0v) is 13.4. The summed E-state index contributed by atoms with van der Waals surface area (Å²) in [7, 11) is 0. The van der Waals surface area contributed by atoms with Crippen molar-refractivity contribution in [1.82, 2.24) is 0 Å². The first-order chi connectivity index (χ1) is 9.30. The van der Waals surface area contributed by atoms with Crippen molar-refractivity contribution in [2.45, 2.75) is 38.4 Å². The molecule has 0 amide bonds. The van der Waals surface area contributed by atoms with Crippen LogP contribution >= 0.6 is 12.6 Å². The number of aromatic hydroxyl groups is 1. The van der Waals surface area contributed by atoms with Crippen LogP contribution in [0.5, 0.6) is 5.75 Å². The largest absolute Gasteiger partial charge is 0.508 e. The number of phenolic OH excluding ortho intramolecular Hbond substituents is 1. The van der Waals surface area contributed by atoms with E-state index in [2.05, 4.69) is 39.0 Å². The lowest BCUT2D eigenvalue weighted by Crippen LogP contribution is -2.13. The molecule has 1 N–H and O–H groups in total. The highest BCUT2D eigenvalue weighted by Gasteiger charge is 2.22. The van der Waals surface area contributed by atoms with E-state index in [1.165, 1.54) is 5.56 Å². The van der Waals surface area contributed by atoms with E-state index < -0.39 is 0 Å². The molecule has 0 aliphatic rings. The summed E-state index contributed by atoms with van der Waals surface area (Å²) in [5, 5.41) is 10.2. The molecule has 0 fully saturated rings. The van der Waals surface area contributed by atoms with Crippen LogP contribution in [-0.4, -0.2) is 5.11 Å². The molecule has 0 radical (unpaired) electrons. The summed E-state index contributed by atoms with van der Waals surface area (Å²) in [5.74, 6) is 0.368. The van der Waals surface area contributed by atoms with Crippen molar-refractivity contribution in [1.29, 1.82) is 0 Å². The Bertz CT molecular complexity index is 597. The monoisotopic (exact) mass is 286 g/mol. The molecule has 2 aromatic carbocycles. The molecule has 0 aliphatic heterocycles. The van der Waals surface area contributed by atoms with E-state index in [1.54, 1.807) is 0 Å². The van der Waals surface area contributed by atoms with Gasteiger partial charge in [-0.25, -0.2) is 0 Å². The van der Waals surface area contributed by atoms with Gasteiger partial charge in [0.05, 0.1) is 5.25 Å². The molecule has 2 heteroatoms. The van der Waals surface area contributed by atoms with E-state index in [0.717, 1.165) is 16.7 Å². The second-order valence-electron chi connectivity index (χ2n) is 6.29. The molecule has 20 heavy (non-hydrogen) atoms. The Balaban J connectivity index is 2.52. The highest BCUT2D eigenvalue weighted by molar-refractivity contribution is 7.80. The predicted molar refractivity (Wildman–Crippen MR) is 88.8 cm³/mol. The number of hydrogen-bond donors (Lipinski definition) is 2. The normalized spacial score (nSPS) is 13.2. The standard InChI is InChI=1S/C18H22OS/c1-12-10-16(19)15(18(2,3)4)11-14(12)17(20)13-8-6-5-7-9-13/h5-11,17,19-20H,1-4H3. The second-order valence-corrected chi connectivity index (χ2v) is 6.81. The minimum Gasteiger partial charge on any atom is -0.508 e. The number of aryl methyl sites for hydroxylation is 1. The maximum absolute atomic E-state index is 10.2. The topological polar surface area (TPSA) is 20.2 Å². The van der Waals surface area contributed by atoms with Crippen molar-refractivity contribution >= 4 is 12.6 Å². The van der Waals surface area contributed by atoms with Crippen LogP contribution in [0.1, 0.15) is 48.3 Å². The van der Waals surface area contributed by atoms with E-state index in [0.29, 0.717) is 5.75 Å².